The largest absolute Gasteiger partial charge is 0.488 e. The van der Waals surface area contributed by atoms with Gasteiger partial charge in [-0.25, -0.2) is 8.42 Å². The third-order valence-corrected chi connectivity index (χ3v) is 4.71. The van der Waals surface area contributed by atoms with E-state index in [0.29, 0.717) is 18.9 Å². The van der Waals surface area contributed by atoms with E-state index in [1.165, 1.54) is 18.4 Å². The van der Waals surface area contributed by atoms with Gasteiger partial charge in [-0.05, 0) is 36.4 Å². The fourth-order valence-corrected chi connectivity index (χ4v) is 3.02. The maximum atomic E-state index is 11.4. The van der Waals surface area contributed by atoms with Crippen LogP contribution in [0.3, 0.4) is 0 Å². The van der Waals surface area contributed by atoms with Crippen LogP contribution < -0.4 is 10.5 Å². The first kappa shape index (κ1) is 15.6. The summed E-state index contributed by atoms with van der Waals surface area (Å²) in [5.41, 5.74) is 5.32. The standard InChI is InChI=1S/C15H15NO3S2/c1-21(17,18)15-8-4-12(5-9-15)19-11-14-7-6-13(20-14)3-2-10-16/h4-9H,10-11,16H2,1H3. The predicted molar refractivity (Wildman–Crippen MR) is 84.1 cm³/mol. The van der Waals surface area contributed by atoms with Crippen LogP contribution in [0.4, 0.5) is 0 Å². The molecule has 6 heteroatoms. The highest BCUT2D eigenvalue weighted by molar-refractivity contribution is 7.90. The summed E-state index contributed by atoms with van der Waals surface area (Å²) in [6.45, 7) is 0.767. The van der Waals surface area contributed by atoms with Crippen LogP contribution in [-0.4, -0.2) is 21.2 Å². The lowest BCUT2D eigenvalue weighted by molar-refractivity contribution is 0.309. The van der Waals surface area contributed by atoms with Crippen LogP contribution in [-0.2, 0) is 16.4 Å². The number of thiophene rings is 1. The smallest absolute Gasteiger partial charge is 0.175 e. The summed E-state index contributed by atoms with van der Waals surface area (Å²) >= 11 is 1.55. The highest BCUT2D eigenvalue weighted by Gasteiger charge is 2.06. The molecule has 0 bridgehead atoms. The summed E-state index contributed by atoms with van der Waals surface area (Å²) in [7, 11) is -3.17. The van der Waals surface area contributed by atoms with Crippen LogP contribution in [0.25, 0.3) is 0 Å². The first-order chi connectivity index (χ1) is 9.99. The topological polar surface area (TPSA) is 69.4 Å². The number of benzene rings is 1. The number of sulfone groups is 1. The molecule has 0 aliphatic rings. The summed E-state index contributed by atoms with van der Waals surface area (Å²) in [4.78, 5) is 2.28. The molecule has 4 nitrogen and oxygen atoms in total. The Bertz CT molecular complexity index is 765. The van der Waals surface area contributed by atoms with Crippen molar-refractivity contribution in [3.05, 3.63) is 46.2 Å². The molecule has 110 valence electrons. The number of rotatable bonds is 4. The van der Waals surface area contributed by atoms with Crippen molar-refractivity contribution >= 4 is 21.2 Å². The molecule has 1 heterocycles. The van der Waals surface area contributed by atoms with Crippen LogP contribution in [0.5, 0.6) is 5.75 Å². The molecule has 0 amide bonds. The number of hydrogen-bond acceptors (Lipinski definition) is 5. The molecule has 2 N–H and O–H groups in total. The van der Waals surface area contributed by atoms with Crippen LogP contribution in [0, 0.1) is 11.8 Å². The van der Waals surface area contributed by atoms with Gasteiger partial charge in [0.25, 0.3) is 0 Å². The number of nitrogens with two attached hydrogens (primary N) is 1. The average molecular weight is 321 g/mol. The van der Waals surface area contributed by atoms with Crippen molar-refractivity contribution in [1.82, 2.24) is 0 Å². The zero-order valence-corrected chi connectivity index (χ0v) is 13.1. The molecule has 0 atom stereocenters. The molecule has 0 saturated carbocycles. The molecule has 2 aromatic rings. The minimum atomic E-state index is -3.17. The minimum Gasteiger partial charge on any atom is -0.488 e. The Morgan fingerprint density at radius 2 is 1.90 bits per heavy atom. The molecule has 0 aliphatic carbocycles. The second kappa shape index (κ2) is 6.76. The van der Waals surface area contributed by atoms with Gasteiger partial charge in [-0.2, -0.15) is 0 Å². The molecule has 1 aromatic carbocycles. The molecular formula is C15H15NO3S2. The average Bonchev–Trinajstić information content (AvgIpc) is 2.90. The van der Waals surface area contributed by atoms with Gasteiger partial charge < -0.3 is 10.5 Å². The molecule has 0 spiro atoms. The second-order valence-electron chi connectivity index (χ2n) is 4.30. The van der Waals surface area contributed by atoms with Crippen molar-refractivity contribution in [2.45, 2.75) is 11.5 Å². The Morgan fingerprint density at radius 3 is 2.52 bits per heavy atom. The predicted octanol–water partition coefficient (Wildman–Crippen LogP) is 2.04. The molecule has 2 rings (SSSR count). The van der Waals surface area contributed by atoms with Crippen LogP contribution in [0.2, 0.25) is 0 Å². The van der Waals surface area contributed by atoms with E-state index < -0.39 is 9.84 Å². The Balaban J connectivity index is 1.98. The van der Waals surface area contributed by atoms with E-state index in [1.54, 1.807) is 23.5 Å². The van der Waals surface area contributed by atoms with Gasteiger partial charge in [-0.15, -0.1) is 11.3 Å². The fraction of sp³-hybridized carbons (Fsp3) is 0.200. The van der Waals surface area contributed by atoms with Gasteiger partial charge in [-0.3, -0.25) is 0 Å². The maximum Gasteiger partial charge on any atom is 0.175 e. The van der Waals surface area contributed by atoms with Gasteiger partial charge in [0, 0.05) is 11.1 Å². The first-order valence-electron chi connectivity index (χ1n) is 6.19. The molecular weight excluding hydrogens is 306 g/mol. The Kier molecular flexibility index (Phi) is 5.02. The molecule has 0 unspecified atom stereocenters. The van der Waals surface area contributed by atoms with Gasteiger partial charge in [0.15, 0.2) is 9.84 Å². The third kappa shape index (κ3) is 4.60. The van der Waals surface area contributed by atoms with Crippen LogP contribution in [0.1, 0.15) is 9.75 Å². The van der Waals surface area contributed by atoms with Crippen molar-refractivity contribution in [2.24, 2.45) is 5.73 Å². The van der Waals surface area contributed by atoms with Crippen LogP contribution >= 0.6 is 11.3 Å². The highest BCUT2D eigenvalue weighted by Crippen LogP contribution is 2.20. The molecule has 0 saturated heterocycles. The Labute approximate surface area is 128 Å². The second-order valence-corrected chi connectivity index (χ2v) is 7.49. The summed E-state index contributed by atoms with van der Waals surface area (Å²) in [6.07, 6.45) is 1.18. The molecule has 0 aliphatic heterocycles. The van der Waals surface area contributed by atoms with Crippen molar-refractivity contribution in [2.75, 3.05) is 12.8 Å². The lowest BCUT2D eigenvalue weighted by atomic mass is 10.3. The van der Waals surface area contributed by atoms with E-state index in [2.05, 4.69) is 11.8 Å². The molecule has 1 aromatic heterocycles. The summed E-state index contributed by atoms with van der Waals surface area (Å²) in [6, 6.07) is 10.3. The van der Waals surface area contributed by atoms with Gasteiger partial charge in [0.2, 0.25) is 0 Å². The highest BCUT2D eigenvalue weighted by atomic mass is 32.2. The summed E-state index contributed by atoms with van der Waals surface area (Å²) in [5.74, 6) is 6.40. The number of ether oxygens (including phenoxy) is 1. The monoisotopic (exact) mass is 321 g/mol. The lowest BCUT2D eigenvalue weighted by Crippen LogP contribution is -1.97. The van der Waals surface area contributed by atoms with E-state index in [9.17, 15) is 8.42 Å². The van der Waals surface area contributed by atoms with Crippen molar-refractivity contribution in [1.29, 1.82) is 0 Å². The van der Waals surface area contributed by atoms with Gasteiger partial charge in [0.05, 0.1) is 16.3 Å². The maximum absolute atomic E-state index is 11.4. The number of hydrogen-bond donors (Lipinski definition) is 1. The van der Waals surface area contributed by atoms with E-state index >= 15 is 0 Å². The van der Waals surface area contributed by atoms with Crippen molar-refractivity contribution in [3.63, 3.8) is 0 Å². The van der Waals surface area contributed by atoms with Crippen molar-refractivity contribution in [3.8, 4) is 17.6 Å². The Hall–Kier alpha value is -1.81. The van der Waals surface area contributed by atoms with E-state index in [-0.39, 0.29) is 4.90 Å². The zero-order valence-electron chi connectivity index (χ0n) is 11.5. The third-order valence-electron chi connectivity index (χ3n) is 2.61. The van der Waals surface area contributed by atoms with E-state index in [0.717, 1.165) is 9.75 Å². The van der Waals surface area contributed by atoms with E-state index in [4.69, 9.17) is 10.5 Å². The van der Waals surface area contributed by atoms with Gasteiger partial charge >= 0.3 is 0 Å². The van der Waals surface area contributed by atoms with Crippen LogP contribution in [0.15, 0.2) is 41.3 Å². The van der Waals surface area contributed by atoms with E-state index in [1.807, 2.05) is 12.1 Å². The Morgan fingerprint density at radius 1 is 1.19 bits per heavy atom. The molecule has 0 fully saturated rings. The van der Waals surface area contributed by atoms with Gasteiger partial charge in [-0.1, -0.05) is 11.8 Å². The molecule has 0 radical (unpaired) electrons. The zero-order chi connectivity index (χ0) is 15.3. The lowest BCUT2D eigenvalue weighted by Gasteiger charge is -2.05. The quantitative estimate of drug-likeness (QED) is 0.875. The SMILES string of the molecule is CS(=O)(=O)c1ccc(OCc2ccc(C#CCN)s2)cc1. The summed E-state index contributed by atoms with van der Waals surface area (Å²) < 4.78 is 28.3. The molecule has 21 heavy (non-hydrogen) atoms. The first-order valence-corrected chi connectivity index (χ1v) is 8.90. The summed E-state index contributed by atoms with van der Waals surface area (Å²) in [5, 5.41) is 0. The normalized spacial score (nSPS) is 10.8. The van der Waals surface area contributed by atoms with Crippen molar-refractivity contribution < 1.29 is 13.2 Å². The van der Waals surface area contributed by atoms with Gasteiger partial charge in [0.1, 0.15) is 12.4 Å². The fourth-order valence-electron chi connectivity index (χ4n) is 1.60. The minimum absolute atomic E-state index is 0.283.